The molecule has 0 aromatic heterocycles. The zero-order valence-electron chi connectivity index (χ0n) is 18.3. The molecule has 1 N–H and O–H groups in total. The summed E-state index contributed by atoms with van der Waals surface area (Å²) in [5, 5.41) is 3.39. The molecule has 0 saturated carbocycles. The summed E-state index contributed by atoms with van der Waals surface area (Å²) in [6.07, 6.45) is 0. The number of hydrogen-bond acceptors (Lipinski definition) is 4. The van der Waals surface area contributed by atoms with Gasteiger partial charge >= 0.3 is 0 Å². The molecule has 1 aromatic rings. The molecule has 0 radical (unpaired) electrons. The second-order valence-electron chi connectivity index (χ2n) is 7.64. The lowest BCUT2D eigenvalue weighted by Gasteiger charge is -2.38. The zero-order chi connectivity index (χ0) is 23.3. The number of carbonyl (C=O) groups is 2. The van der Waals surface area contributed by atoms with E-state index in [1.807, 2.05) is 13.8 Å². The normalized spacial score (nSPS) is 16.6. The van der Waals surface area contributed by atoms with Crippen molar-refractivity contribution in [3.8, 4) is 0 Å². The van der Waals surface area contributed by atoms with E-state index < -0.39 is 22.2 Å². The molecule has 2 rings (SSSR count). The number of amides is 2. The van der Waals surface area contributed by atoms with Gasteiger partial charge < -0.3 is 10.2 Å². The summed E-state index contributed by atoms with van der Waals surface area (Å²) in [4.78, 5) is 27.4. The molecule has 8 nitrogen and oxygen atoms in total. The Kier molecular flexibility index (Phi) is 9.14. The van der Waals surface area contributed by atoms with Crippen LogP contribution in [0.1, 0.15) is 38.1 Å². The first kappa shape index (κ1) is 25.9. The zero-order valence-corrected chi connectivity index (χ0v) is 20.6. The van der Waals surface area contributed by atoms with Crippen LogP contribution in [0.2, 0.25) is 10.0 Å². The van der Waals surface area contributed by atoms with E-state index in [-0.39, 0.29) is 48.6 Å². The van der Waals surface area contributed by atoms with Crippen molar-refractivity contribution in [3.63, 3.8) is 0 Å². The van der Waals surface area contributed by atoms with Crippen molar-refractivity contribution >= 4 is 45.2 Å². The van der Waals surface area contributed by atoms with Crippen molar-refractivity contribution < 1.29 is 18.0 Å². The van der Waals surface area contributed by atoms with Crippen LogP contribution >= 0.6 is 23.2 Å². The van der Waals surface area contributed by atoms with E-state index >= 15 is 0 Å². The minimum absolute atomic E-state index is 0.167. The summed E-state index contributed by atoms with van der Waals surface area (Å²) in [5.41, 5.74) is 0.236. The lowest BCUT2D eigenvalue weighted by Crippen LogP contribution is -2.58. The molecule has 1 saturated heterocycles. The third-order valence-electron chi connectivity index (χ3n) is 5.30. The fourth-order valence-corrected chi connectivity index (χ4v) is 5.55. The van der Waals surface area contributed by atoms with Gasteiger partial charge in [0.05, 0.1) is 10.6 Å². The molecule has 174 valence electrons. The minimum Gasteiger partial charge on any atom is -0.340 e. The van der Waals surface area contributed by atoms with Gasteiger partial charge in [-0.05, 0) is 24.1 Å². The summed E-state index contributed by atoms with van der Waals surface area (Å²) in [7, 11) is -3.54. The highest BCUT2D eigenvalue weighted by molar-refractivity contribution is 7.86. The second-order valence-corrected chi connectivity index (χ2v) is 10.4. The van der Waals surface area contributed by atoms with Crippen LogP contribution in [-0.2, 0) is 15.0 Å². The topological polar surface area (TPSA) is 90.0 Å². The van der Waals surface area contributed by atoms with Crippen LogP contribution in [0.4, 0.5) is 0 Å². The Bertz CT molecular complexity index is 898. The van der Waals surface area contributed by atoms with Crippen LogP contribution in [-0.4, -0.2) is 79.1 Å². The average molecular weight is 493 g/mol. The molecule has 1 atom stereocenters. The first-order chi connectivity index (χ1) is 14.5. The highest BCUT2D eigenvalue weighted by Gasteiger charge is 2.35. The fourth-order valence-electron chi connectivity index (χ4n) is 3.46. The molecule has 31 heavy (non-hydrogen) atoms. The van der Waals surface area contributed by atoms with Gasteiger partial charge in [0.1, 0.15) is 6.04 Å². The van der Waals surface area contributed by atoms with Gasteiger partial charge in [0, 0.05) is 44.3 Å². The van der Waals surface area contributed by atoms with Gasteiger partial charge in [-0.15, -0.1) is 0 Å². The average Bonchev–Trinajstić information content (AvgIpc) is 2.72. The van der Waals surface area contributed by atoms with Crippen molar-refractivity contribution in [1.82, 2.24) is 18.8 Å². The molecule has 2 amide bonds. The van der Waals surface area contributed by atoms with Gasteiger partial charge in [0.25, 0.3) is 16.1 Å². The SMILES string of the molecule is CCN(CC)S(=O)(=O)N1CCN(C(=O)[C@H](NC(=O)c2ccc(Cl)cc2Cl)C(C)C)CC1. The van der Waals surface area contributed by atoms with Gasteiger partial charge in [-0.25, -0.2) is 0 Å². The first-order valence-corrected chi connectivity index (χ1v) is 12.5. The van der Waals surface area contributed by atoms with Gasteiger partial charge in [-0.2, -0.15) is 17.0 Å². The molecule has 0 bridgehead atoms. The second kappa shape index (κ2) is 11.0. The standard InChI is InChI=1S/C20H30Cl2N4O4S/c1-5-25(6-2)31(29,30)26-11-9-24(10-12-26)20(28)18(14(3)4)23-19(27)16-8-7-15(21)13-17(16)22/h7-8,13-14,18H,5-6,9-12H2,1-4H3,(H,23,27)/t18-/m1/s1. The van der Waals surface area contributed by atoms with Crippen LogP contribution < -0.4 is 5.32 Å². The largest absolute Gasteiger partial charge is 0.340 e. The van der Waals surface area contributed by atoms with E-state index in [1.165, 1.54) is 20.7 Å². The Balaban J connectivity index is 2.07. The van der Waals surface area contributed by atoms with Crippen LogP contribution in [0.15, 0.2) is 18.2 Å². The van der Waals surface area contributed by atoms with E-state index in [4.69, 9.17) is 23.2 Å². The maximum atomic E-state index is 13.1. The summed E-state index contributed by atoms with van der Waals surface area (Å²) in [6.45, 7) is 9.02. The summed E-state index contributed by atoms with van der Waals surface area (Å²) < 4.78 is 28.2. The van der Waals surface area contributed by atoms with Gasteiger partial charge in [0.2, 0.25) is 5.91 Å². The van der Waals surface area contributed by atoms with Crippen LogP contribution in [0.25, 0.3) is 0 Å². The Labute approximate surface area is 194 Å². The quantitative estimate of drug-likeness (QED) is 0.603. The Morgan fingerprint density at radius 3 is 2.16 bits per heavy atom. The maximum Gasteiger partial charge on any atom is 0.282 e. The number of nitrogens with zero attached hydrogens (tertiary/aromatic N) is 3. The highest BCUT2D eigenvalue weighted by atomic mass is 35.5. The van der Waals surface area contributed by atoms with E-state index in [9.17, 15) is 18.0 Å². The van der Waals surface area contributed by atoms with E-state index in [1.54, 1.807) is 24.8 Å². The van der Waals surface area contributed by atoms with Crippen molar-refractivity contribution in [2.75, 3.05) is 39.3 Å². The Morgan fingerprint density at radius 2 is 1.68 bits per heavy atom. The molecule has 0 aliphatic carbocycles. The highest BCUT2D eigenvalue weighted by Crippen LogP contribution is 2.22. The molecule has 1 aromatic carbocycles. The number of halogens is 2. The third kappa shape index (κ3) is 6.10. The van der Waals surface area contributed by atoms with Crippen molar-refractivity contribution in [1.29, 1.82) is 0 Å². The molecule has 0 spiro atoms. The molecule has 0 unspecified atom stereocenters. The Morgan fingerprint density at radius 1 is 1.10 bits per heavy atom. The number of nitrogens with one attached hydrogen (secondary N) is 1. The number of hydrogen-bond donors (Lipinski definition) is 1. The van der Waals surface area contributed by atoms with Crippen molar-refractivity contribution in [2.45, 2.75) is 33.7 Å². The Hall–Kier alpha value is -1.39. The maximum absolute atomic E-state index is 13.1. The van der Waals surface area contributed by atoms with E-state index in [0.29, 0.717) is 18.1 Å². The van der Waals surface area contributed by atoms with Gasteiger partial charge in [-0.1, -0.05) is 50.9 Å². The van der Waals surface area contributed by atoms with E-state index in [0.717, 1.165) is 0 Å². The van der Waals surface area contributed by atoms with Crippen LogP contribution in [0.3, 0.4) is 0 Å². The predicted molar refractivity (Wildman–Crippen MR) is 123 cm³/mol. The fraction of sp³-hybridized carbons (Fsp3) is 0.600. The van der Waals surface area contributed by atoms with Gasteiger partial charge in [0.15, 0.2) is 0 Å². The van der Waals surface area contributed by atoms with Crippen molar-refractivity contribution in [2.24, 2.45) is 5.92 Å². The third-order valence-corrected chi connectivity index (χ3v) is 8.04. The van der Waals surface area contributed by atoms with Crippen LogP contribution in [0.5, 0.6) is 0 Å². The lowest BCUT2D eigenvalue weighted by molar-refractivity contribution is -0.135. The monoisotopic (exact) mass is 492 g/mol. The first-order valence-electron chi connectivity index (χ1n) is 10.3. The predicted octanol–water partition coefficient (Wildman–Crippen LogP) is 2.48. The number of carbonyl (C=O) groups excluding carboxylic acids is 2. The van der Waals surface area contributed by atoms with Crippen molar-refractivity contribution in [3.05, 3.63) is 33.8 Å². The molecule has 1 aliphatic heterocycles. The molecular formula is C20H30Cl2N4O4S. The summed E-state index contributed by atoms with van der Waals surface area (Å²) in [5.74, 6) is -0.871. The number of piperazine rings is 1. The number of benzene rings is 1. The molecule has 11 heteroatoms. The summed E-state index contributed by atoms with van der Waals surface area (Å²) >= 11 is 12.0. The molecule has 1 aliphatic rings. The lowest BCUT2D eigenvalue weighted by atomic mass is 10.0. The van der Waals surface area contributed by atoms with Gasteiger partial charge in [-0.3, -0.25) is 9.59 Å². The van der Waals surface area contributed by atoms with E-state index in [2.05, 4.69) is 5.32 Å². The molecular weight excluding hydrogens is 463 g/mol. The van der Waals surface area contributed by atoms with Crippen LogP contribution in [0, 0.1) is 5.92 Å². The molecule has 1 heterocycles. The smallest absolute Gasteiger partial charge is 0.282 e. The molecule has 1 fully saturated rings. The summed E-state index contributed by atoms with van der Waals surface area (Å²) in [6, 6.07) is 3.79. The minimum atomic E-state index is -3.54. The number of rotatable bonds is 8.